The zero-order chi connectivity index (χ0) is 13.9. The van der Waals surface area contributed by atoms with Gasteiger partial charge in [-0.2, -0.15) is 0 Å². The molecule has 0 spiro atoms. The van der Waals surface area contributed by atoms with E-state index in [0.717, 1.165) is 10.3 Å². The first-order chi connectivity index (χ1) is 9.74. The Morgan fingerprint density at radius 1 is 1.10 bits per heavy atom. The highest BCUT2D eigenvalue weighted by Crippen LogP contribution is 2.27. The van der Waals surface area contributed by atoms with Crippen LogP contribution >= 0.6 is 11.3 Å². The van der Waals surface area contributed by atoms with Gasteiger partial charge in [-0.05, 0) is 23.8 Å². The minimum atomic E-state index is -0.291. The molecular formula is C16H12FNOS. The number of carbonyl (C=O) groups is 1. The van der Waals surface area contributed by atoms with E-state index in [1.165, 1.54) is 17.4 Å². The van der Waals surface area contributed by atoms with E-state index < -0.39 is 0 Å². The SMILES string of the molecule is O=C(NCc1ccccc1)c1cc2c(F)cccc2s1. The Kier molecular flexibility index (Phi) is 3.48. The number of hydrogen-bond donors (Lipinski definition) is 1. The number of nitrogens with one attached hydrogen (secondary N) is 1. The van der Waals surface area contributed by atoms with E-state index in [1.54, 1.807) is 12.1 Å². The van der Waals surface area contributed by atoms with E-state index in [1.807, 2.05) is 36.4 Å². The average molecular weight is 285 g/mol. The molecule has 2 aromatic carbocycles. The monoisotopic (exact) mass is 285 g/mol. The Bertz CT molecular complexity index is 752. The normalized spacial score (nSPS) is 10.7. The predicted molar refractivity (Wildman–Crippen MR) is 79.4 cm³/mol. The molecule has 0 saturated carbocycles. The number of halogens is 1. The van der Waals surface area contributed by atoms with Crippen LogP contribution < -0.4 is 5.32 Å². The fourth-order valence-electron chi connectivity index (χ4n) is 2.00. The van der Waals surface area contributed by atoms with Gasteiger partial charge in [-0.15, -0.1) is 11.3 Å². The minimum Gasteiger partial charge on any atom is -0.347 e. The number of carbonyl (C=O) groups excluding carboxylic acids is 1. The third-order valence-corrected chi connectivity index (χ3v) is 4.13. The van der Waals surface area contributed by atoms with Crippen LogP contribution in [0.2, 0.25) is 0 Å². The molecule has 0 fully saturated rings. The first-order valence-corrected chi connectivity index (χ1v) is 7.06. The number of amides is 1. The summed E-state index contributed by atoms with van der Waals surface area (Å²) in [4.78, 5) is 12.6. The fraction of sp³-hybridized carbons (Fsp3) is 0.0625. The number of thiophene rings is 1. The van der Waals surface area contributed by atoms with Gasteiger partial charge in [-0.3, -0.25) is 4.79 Å². The van der Waals surface area contributed by atoms with Gasteiger partial charge in [0.15, 0.2) is 0 Å². The second-order valence-electron chi connectivity index (χ2n) is 4.43. The summed E-state index contributed by atoms with van der Waals surface area (Å²) in [7, 11) is 0. The van der Waals surface area contributed by atoms with Crippen LogP contribution in [0.5, 0.6) is 0 Å². The molecule has 1 N–H and O–H groups in total. The summed E-state index contributed by atoms with van der Waals surface area (Å²) < 4.78 is 14.4. The van der Waals surface area contributed by atoms with Crippen molar-refractivity contribution in [2.45, 2.75) is 6.54 Å². The van der Waals surface area contributed by atoms with Gasteiger partial charge >= 0.3 is 0 Å². The van der Waals surface area contributed by atoms with Gasteiger partial charge in [0, 0.05) is 16.6 Å². The summed E-state index contributed by atoms with van der Waals surface area (Å²) in [5.74, 6) is -0.463. The van der Waals surface area contributed by atoms with Crippen LogP contribution in [0.15, 0.2) is 54.6 Å². The highest BCUT2D eigenvalue weighted by Gasteiger charge is 2.11. The second kappa shape index (κ2) is 5.43. The summed E-state index contributed by atoms with van der Waals surface area (Å²) >= 11 is 1.30. The summed E-state index contributed by atoms with van der Waals surface area (Å²) in [6.45, 7) is 0.469. The summed E-state index contributed by atoms with van der Waals surface area (Å²) in [5, 5.41) is 3.35. The van der Waals surface area contributed by atoms with Crippen LogP contribution in [-0.2, 0) is 6.54 Å². The molecule has 3 rings (SSSR count). The van der Waals surface area contributed by atoms with Crippen molar-refractivity contribution < 1.29 is 9.18 Å². The lowest BCUT2D eigenvalue weighted by molar-refractivity contribution is 0.0955. The van der Waals surface area contributed by atoms with Crippen LogP contribution in [0.25, 0.3) is 10.1 Å². The molecule has 0 unspecified atom stereocenters. The summed E-state index contributed by atoms with van der Waals surface area (Å²) in [6, 6.07) is 16.2. The van der Waals surface area contributed by atoms with Gasteiger partial charge in [0.25, 0.3) is 5.91 Å². The standard InChI is InChI=1S/C16H12FNOS/c17-13-7-4-8-14-12(13)9-15(20-14)16(19)18-10-11-5-2-1-3-6-11/h1-9H,10H2,(H,18,19). The van der Waals surface area contributed by atoms with Crippen LogP contribution in [0.3, 0.4) is 0 Å². The molecule has 2 nitrogen and oxygen atoms in total. The van der Waals surface area contributed by atoms with Crippen molar-refractivity contribution in [3.8, 4) is 0 Å². The van der Waals surface area contributed by atoms with E-state index in [-0.39, 0.29) is 11.7 Å². The van der Waals surface area contributed by atoms with Gasteiger partial charge in [0.05, 0.1) is 4.88 Å². The number of fused-ring (bicyclic) bond motifs is 1. The summed E-state index contributed by atoms with van der Waals surface area (Å²) in [6.07, 6.45) is 0. The van der Waals surface area contributed by atoms with Crippen molar-refractivity contribution >= 4 is 27.3 Å². The van der Waals surface area contributed by atoms with Crippen LogP contribution in [0, 0.1) is 5.82 Å². The molecular weight excluding hydrogens is 273 g/mol. The second-order valence-corrected chi connectivity index (χ2v) is 5.51. The van der Waals surface area contributed by atoms with Crippen molar-refractivity contribution in [1.82, 2.24) is 5.32 Å². The smallest absolute Gasteiger partial charge is 0.261 e. The van der Waals surface area contributed by atoms with Crippen molar-refractivity contribution in [3.63, 3.8) is 0 Å². The van der Waals surface area contributed by atoms with Gasteiger partial charge in [0.1, 0.15) is 5.82 Å². The third-order valence-electron chi connectivity index (χ3n) is 3.03. The molecule has 0 bridgehead atoms. The van der Waals surface area contributed by atoms with Crippen LogP contribution in [-0.4, -0.2) is 5.91 Å². The highest BCUT2D eigenvalue weighted by atomic mass is 32.1. The molecule has 0 saturated heterocycles. The largest absolute Gasteiger partial charge is 0.347 e. The van der Waals surface area contributed by atoms with Gasteiger partial charge in [0.2, 0.25) is 0 Å². The molecule has 0 radical (unpaired) electrons. The Labute approximate surface area is 119 Å². The van der Waals surface area contributed by atoms with Crippen LogP contribution in [0.4, 0.5) is 4.39 Å². The lowest BCUT2D eigenvalue weighted by Gasteiger charge is -2.02. The quantitative estimate of drug-likeness (QED) is 0.775. The lowest BCUT2D eigenvalue weighted by atomic mass is 10.2. The third kappa shape index (κ3) is 2.56. The number of benzene rings is 2. The van der Waals surface area contributed by atoms with Gasteiger partial charge < -0.3 is 5.32 Å². The minimum absolute atomic E-state index is 0.172. The molecule has 0 aliphatic rings. The molecule has 1 heterocycles. The maximum Gasteiger partial charge on any atom is 0.261 e. The Hall–Kier alpha value is -2.20. The maximum atomic E-state index is 13.6. The average Bonchev–Trinajstić information content (AvgIpc) is 2.91. The molecule has 1 amide bonds. The van der Waals surface area contributed by atoms with E-state index in [9.17, 15) is 9.18 Å². The maximum absolute atomic E-state index is 13.6. The first kappa shape index (κ1) is 12.8. The number of rotatable bonds is 3. The number of hydrogen-bond acceptors (Lipinski definition) is 2. The van der Waals surface area contributed by atoms with E-state index in [4.69, 9.17) is 0 Å². The topological polar surface area (TPSA) is 29.1 Å². The molecule has 0 aliphatic heterocycles. The van der Waals surface area contributed by atoms with Crippen molar-refractivity contribution in [3.05, 3.63) is 70.9 Å². The van der Waals surface area contributed by atoms with E-state index in [2.05, 4.69) is 5.32 Å². The molecule has 1 aromatic heterocycles. The zero-order valence-corrected chi connectivity index (χ0v) is 11.4. The Morgan fingerprint density at radius 3 is 2.65 bits per heavy atom. The molecule has 0 aliphatic carbocycles. The highest BCUT2D eigenvalue weighted by molar-refractivity contribution is 7.20. The predicted octanol–water partition coefficient (Wildman–Crippen LogP) is 3.97. The van der Waals surface area contributed by atoms with Crippen molar-refractivity contribution in [2.24, 2.45) is 0 Å². The summed E-state index contributed by atoms with van der Waals surface area (Å²) in [5.41, 5.74) is 1.04. The molecule has 100 valence electrons. The van der Waals surface area contributed by atoms with Crippen LogP contribution in [0.1, 0.15) is 15.2 Å². The molecule has 3 aromatic rings. The zero-order valence-electron chi connectivity index (χ0n) is 10.6. The van der Waals surface area contributed by atoms with Crippen molar-refractivity contribution in [1.29, 1.82) is 0 Å². The Balaban J connectivity index is 1.77. The molecule has 20 heavy (non-hydrogen) atoms. The fourth-order valence-corrected chi connectivity index (χ4v) is 2.99. The first-order valence-electron chi connectivity index (χ1n) is 6.24. The Morgan fingerprint density at radius 2 is 1.90 bits per heavy atom. The van der Waals surface area contributed by atoms with Gasteiger partial charge in [-0.25, -0.2) is 4.39 Å². The lowest BCUT2D eigenvalue weighted by Crippen LogP contribution is -2.21. The van der Waals surface area contributed by atoms with Crippen molar-refractivity contribution in [2.75, 3.05) is 0 Å². The molecule has 4 heteroatoms. The van der Waals surface area contributed by atoms with Gasteiger partial charge in [-0.1, -0.05) is 36.4 Å². The molecule has 0 atom stereocenters. The van der Waals surface area contributed by atoms with E-state index >= 15 is 0 Å². The van der Waals surface area contributed by atoms with E-state index in [0.29, 0.717) is 16.8 Å².